The molecular weight excluding hydrogens is 251 g/mol. The molecule has 2 heterocycles. The third kappa shape index (κ3) is 2.16. The molecule has 0 aliphatic carbocycles. The van der Waals surface area contributed by atoms with Crippen molar-refractivity contribution < 1.29 is 4.52 Å². The van der Waals surface area contributed by atoms with Crippen molar-refractivity contribution in [3.8, 4) is 11.5 Å². The lowest BCUT2D eigenvalue weighted by Gasteiger charge is -1.97. The SMILES string of the molecule is C[C@@H](N)c1nc(-c2ncc(Cl)cc2Cl)no1. The molecule has 0 radical (unpaired) electrons. The van der Waals surface area contributed by atoms with Gasteiger partial charge in [0.25, 0.3) is 0 Å². The number of nitrogens with two attached hydrogens (primary N) is 1. The zero-order chi connectivity index (χ0) is 11.7. The van der Waals surface area contributed by atoms with E-state index in [1.165, 1.54) is 6.20 Å². The van der Waals surface area contributed by atoms with Crippen molar-refractivity contribution in [2.45, 2.75) is 13.0 Å². The van der Waals surface area contributed by atoms with Gasteiger partial charge >= 0.3 is 0 Å². The minimum absolute atomic E-state index is 0.300. The standard InChI is InChI=1S/C9H8Cl2N4O/c1-4(12)9-14-8(15-16-9)7-6(11)2-5(10)3-13-7/h2-4H,12H2,1H3/t4-/m1/s1. The van der Waals surface area contributed by atoms with E-state index in [0.717, 1.165) is 0 Å². The summed E-state index contributed by atoms with van der Waals surface area (Å²) < 4.78 is 4.95. The van der Waals surface area contributed by atoms with E-state index in [-0.39, 0.29) is 6.04 Å². The second-order valence-electron chi connectivity index (χ2n) is 3.23. The smallest absolute Gasteiger partial charge is 0.243 e. The summed E-state index contributed by atoms with van der Waals surface area (Å²) in [6.45, 7) is 1.74. The molecule has 0 aliphatic rings. The highest BCUT2D eigenvalue weighted by Crippen LogP contribution is 2.26. The van der Waals surface area contributed by atoms with Crippen LogP contribution in [0.4, 0.5) is 0 Å². The van der Waals surface area contributed by atoms with Gasteiger partial charge in [0, 0.05) is 6.20 Å². The van der Waals surface area contributed by atoms with E-state index in [4.69, 9.17) is 33.5 Å². The molecule has 2 rings (SSSR count). The van der Waals surface area contributed by atoms with Gasteiger partial charge in [0.1, 0.15) is 5.69 Å². The van der Waals surface area contributed by atoms with Crippen LogP contribution < -0.4 is 5.73 Å². The van der Waals surface area contributed by atoms with Crippen LogP contribution in [0.5, 0.6) is 0 Å². The number of aromatic nitrogens is 3. The molecule has 2 N–H and O–H groups in total. The summed E-state index contributed by atoms with van der Waals surface area (Å²) in [5.74, 6) is 0.636. The van der Waals surface area contributed by atoms with Gasteiger partial charge in [-0.2, -0.15) is 4.98 Å². The summed E-state index contributed by atoms with van der Waals surface area (Å²) in [5.41, 5.74) is 6.01. The van der Waals surface area contributed by atoms with Gasteiger partial charge in [-0.3, -0.25) is 0 Å². The first-order chi connectivity index (χ1) is 7.58. The molecule has 1 atom stereocenters. The summed E-state index contributed by atoms with van der Waals surface area (Å²) in [4.78, 5) is 8.11. The Balaban J connectivity index is 2.42. The van der Waals surface area contributed by atoms with Crippen LogP contribution in [-0.2, 0) is 0 Å². The van der Waals surface area contributed by atoms with Gasteiger partial charge in [-0.15, -0.1) is 0 Å². The van der Waals surface area contributed by atoms with Crippen molar-refractivity contribution >= 4 is 23.2 Å². The molecular formula is C9H8Cl2N4O. The van der Waals surface area contributed by atoms with Crippen molar-refractivity contribution in [2.75, 3.05) is 0 Å². The summed E-state index contributed by atoms with van der Waals surface area (Å²) in [5, 5.41) is 4.56. The van der Waals surface area contributed by atoms with E-state index in [1.807, 2.05) is 0 Å². The molecule has 0 fully saturated rings. The number of nitrogens with zero attached hydrogens (tertiary/aromatic N) is 3. The van der Waals surface area contributed by atoms with Crippen molar-refractivity contribution in [1.29, 1.82) is 0 Å². The van der Waals surface area contributed by atoms with Gasteiger partial charge in [0.05, 0.1) is 16.1 Å². The Morgan fingerprint density at radius 2 is 2.19 bits per heavy atom. The molecule has 0 aliphatic heterocycles. The van der Waals surface area contributed by atoms with E-state index in [2.05, 4.69) is 15.1 Å². The van der Waals surface area contributed by atoms with Crippen LogP contribution in [0.15, 0.2) is 16.8 Å². The molecule has 84 valence electrons. The van der Waals surface area contributed by atoms with Gasteiger partial charge in [-0.25, -0.2) is 4.98 Å². The molecule has 16 heavy (non-hydrogen) atoms. The van der Waals surface area contributed by atoms with E-state index in [9.17, 15) is 0 Å². The lowest BCUT2D eigenvalue weighted by molar-refractivity contribution is 0.362. The highest BCUT2D eigenvalue weighted by molar-refractivity contribution is 6.35. The van der Waals surface area contributed by atoms with Crippen LogP contribution >= 0.6 is 23.2 Å². The average molecular weight is 259 g/mol. The molecule has 0 aromatic carbocycles. The number of pyridine rings is 1. The van der Waals surface area contributed by atoms with Crippen LogP contribution in [0, 0.1) is 0 Å². The number of rotatable bonds is 2. The number of hydrogen-bond acceptors (Lipinski definition) is 5. The average Bonchev–Trinajstić information content (AvgIpc) is 2.66. The summed E-state index contributed by atoms with van der Waals surface area (Å²) >= 11 is 11.7. The molecule has 0 unspecified atom stereocenters. The third-order valence-electron chi connectivity index (χ3n) is 1.85. The predicted molar refractivity (Wildman–Crippen MR) is 60.2 cm³/mol. The highest BCUT2D eigenvalue weighted by Gasteiger charge is 2.15. The van der Waals surface area contributed by atoms with Crippen LogP contribution in [0.3, 0.4) is 0 Å². The van der Waals surface area contributed by atoms with Crippen molar-refractivity contribution in [3.05, 3.63) is 28.2 Å². The first-order valence-electron chi connectivity index (χ1n) is 4.48. The molecule has 2 aromatic rings. The Kier molecular flexibility index (Phi) is 3.09. The summed E-state index contributed by atoms with van der Waals surface area (Å²) in [6, 6.07) is 1.24. The molecule has 0 bridgehead atoms. The Morgan fingerprint density at radius 3 is 2.75 bits per heavy atom. The fraction of sp³-hybridized carbons (Fsp3) is 0.222. The topological polar surface area (TPSA) is 77.8 Å². The van der Waals surface area contributed by atoms with Gasteiger partial charge in [-0.05, 0) is 13.0 Å². The van der Waals surface area contributed by atoms with E-state index < -0.39 is 0 Å². The second kappa shape index (κ2) is 4.37. The maximum atomic E-state index is 5.95. The predicted octanol–water partition coefficient (Wildman–Crippen LogP) is 2.46. The molecule has 2 aromatic heterocycles. The molecule has 0 spiro atoms. The fourth-order valence-electron chi connectivity index (χ4n) is 1.10. The first kappa shape index (κ1) is 11.3. The maximum absolute atomic E-state index is 5.95. The van der Waals surface area contributed by atoms with Gasteiger partial charge < -0.3 is 10.3 Å². The number of hydrogen-bond donors (Lipinski definition) is 1. The lowest BCUT2D eigenvalue weighted by Crippen LogP contribution is -2.04. The zero-order valence-electron chi connectivity index (χ0n) is 8.32. The first-order valence-corrected chi connectivity index (χ1v) is 5.24. The highest BCUT2D eigenvalue weighted by atomic mass is 35.5. The van der Waals surface area contributed by atoms with Crippen LogP contribution in [0.25, 0.3) is 11.5 Å². The Hall–Kier alpha value is -1.17. The lowest BCUT2D eigenvalue weighted by atomic mass is 10.3. The summed E-state index contributed by atoms with van der Waals surface area (Å²) in [7, 11) is 0. The third-order valence-corrected chi connectivity index (χ3v) is 2.35. The van der Waals surface area contributed by atoms with Crippen LogP contribution in [0.1, 0.15) is 18.9 Å². The van der Waals surface area contributed by atoms with Gasteiger partial charge in [-0.1, -0.05) is 28.4 Å². The number of halogens is 2. The molecule has 0 saturated carbocycles. The monoisotopic (exact) mass is 258 g/mol. The van der Waals surface area contributed by atoms with Crippen LogP contribution in [0.2, 0.25) is 10.0 Å². The Bertz CT molecular complexity index is 512. The van der Waals surface area contributed by atoms with E-state index in [0.29, 0.717) is 27.5 Å². The minimum Gasteiger partial charge on any atom is -0.337 e. The molecule has 0 saturated heterocycles. The fourth-order valence-corrected chi connectivity index (χ4v) is 1.56. The van der Waals surface area contributed by atoms with Crippen molar-refractivity contribution in [2.24, 2.45) is 5.73 Å². The zero-order valence-corrected chi connectivity index (χ0v) is 9.83. The van der Waals surface area contributed by atoms with Crippen molar-refractivity contribution in [3.63, 3.8) is 0 Å². The normalized spacial score (nSPS) is 12.8. The minimum atomic E-state index is -0.327. The summed E-state index contributed by atoms with van der Waals surface area (Å²) in [6.07, 6.45) is 1.46. The van der Waals surface area contributed by atoms with E-state index in [1.54, 1.807) is 13.0 Å². The quantitative estimate of drug-likeness (QED) is 0.896. The molecule has 5 nitrogen and oxygen atoms in total. The van der Waals surface area contributed by atoms with Crippen molar-refractivity contribution in [1.82, 2.24) is 15.1 Å². The van der Waals surface area contributed by atoms with Gasteiger partial charge in [0.2, 0.25) is 11.7 Å². The van der Waals surface area contributed by atoms with E-state index >= 15 is 0 Å². The van der Waals surface area contributed by atoms with Crippen LogP contribution in [-0.4, -0.2) is 15.1 Å². The van der Waals surface area contributed by atoms with Gasteiger partial charge in [0.15, 0.2) is 0 Å². The Morgan fingerprint density at radius 1 is 1.44 bits per heavy atom. The maximum Gasteiger partial charge on any atom is 0.243 e. The Labute approximate surface area is 102 Å². The second-order valence-corrected chi connectivity index (χ2v) is 4.07. The largest absolute Gasteiger partial charge is 0.337 e. The molecule has 7 heteroatoms. The molecule has 0 amide bonds.